The van der Waals surface area contributed by atoms with Gasteiger partial charge in [0.15, 0.2) is 0 Å². The summed E-state index contributed by atoms with van der Waals surface area (Å²) in [6.07, 6.45) is 0.892. The third-order valence-corrected chi connectivity index (χ3v) is 5.38. The van der Waals surface area contributed by atoms with E-state index in [1.807, 2.05) is 52.0 Å². The molecule has 0 aliphatic carbocycles. The van der Waals surface area contributed by atoms with Crippen LogP contribution in [0.15, 0.2) is 48.5 Å². The zero-order chi connectivity index (χ0) is 23.7. The Balaban J connectivity index is 1.93. The van der Waals surface area contributed by atoms with Crippen molar-refractivity contribution in [2.24, 2.45) is 5.92 Å². The fourth-order valence-corrected chi connectivity index (χ4v) is 3.97. The monoisotopic (exact) mass is 445 g/mol. The van der Waals surface area contributed by atoms with E-state index in [-0.39, 0.29) is 29.6 Å². The molecule has 1 aliphatic rings. The largest absolute Gasteiger partial charge is 0.492 e. The van der Waals surface area contributed by atoms with Gasteiger partial charge in [-0.1, -0.05) is 50.2 Å². The normalized spacial score (nSPS) is 13.2. The van der Waals surface area contributed by atoms with E-state index in [1.54, 1.807) is 24.3 Å². The standard InChI is InChI=1S/C27H27NO5/c1-16(2)15-32-24-20-7-5-6-8-21(20)25(33-17(3)4)23-22(24)26(30)28(27(23)31)19-11-9-18(10-12-19)13-14-29/h5-12,14,16-17H,13,15H2,1-4H3. The summed E-state index contributed by atoms with van der Waals surface area (Å²) in [4.78, 5) is 39.3. The SMILES string of the molecule is CC(C)COc1c2c(c(OC(C)C)c3ccccc13)C(=O)N(c1ccc(CC=O)cc1)C2=O. The molecule has 3 aromatic carbocycles. The smallest absolute Gasteiger partial charge is 0.270 e. The van der Waals surface area contributed by atoms with E-state index in [4.69, 9.17) is 9.47 Å². The van der Waals surface area contributed by atoms with Crippen molar-refractivity contribution in [3.8, 4) is 11.5 Å². The summed E-state index contributed by atoms with van der Waals surface area (Å²) >= 11 is 0. The molecule has 0 unspecified atom stereocenters. The maximum Gasteiger partial charge on any atom is 0.270 e. The van der Waals surface area contributed by atoms with Gasteiger partial charge in [-0.15, -0.1) is 0 Å². The van der Waals surface area contributed by atoms with Crippen LogP contribution in [-0.2, 0) is 11.2 Å². The topological polar surface area (TPSA) is 72.9 Å². The van der Waals surface area contributed by atoms with Gasteiger partial charge in [0, 0.05) is 17.2 Å². The van der Waals surface area contributed by atoms with Crippen molar-refractivity contribution < 1.29 is 23.9 Å². The van der Waals surface area contributed by atoms with Crippen LogP contribution in [0.1, 0.15) is 54.0 Å². The van der Waals surface area contributed by atoms with Gasteiger partial charge in [0.25, 0.3) is 11.8 Å². The molecule has 33 heavy (non-hydrogen) atoms. The molecule has 0 saturated carbocycles. The van der Waals surface area contributed by atoms with E-state index in [1.165, 1.54) is 0 Å². The van der Waals surface area contributed by atoms with E-state index in [9.17, 15) is 14.4 Å². The Morgan fingerprint density at radius 2 is 1.42 bits per heavy atom. The molecular weight excluding hydrogens is 418 g/mol. The predicted octanol–water partition coefficient (Wildman–Crippen LogP) is 5.20. The number of ether oxygens (including phenoxy) is 2. The van der Waals surface area contributed by atoms with Gasteiger partial charge >= 0.3 is 0 Å². The first-order chi connectivity index (χ1) is 15.8. The lowest BCUT2D eigenvalue weighted by molar-refractivity contribution is -0.107. The number of anilines is 1. The highest BCUT2D eigenvalue weighted by molar-refractivity contribution is 6.38. The zero-order valence-corrected chi connectivity index (χ0v) is 19.3. The van der Waals surface area contributed by atoms with E-state index in [0.29, 0.717) is 23.8 Å². The van der Waals surface area contributed by atoms with Crippen molar-refractivity contribution in [2.75, 3.05) is 11.5 Å². The summed E-state index contributed by atoms with van der Waals surface area (Å²) in [5, 5.41) is 1.46. The highest BCUT2D eigenvalue weighted by atomic mass is 16.5. The Kier molecular flexibility index (Phi) is 6.18. The van der Waals surface area contributed by atoms with Crippen LogP contribution in [0.4, 0.5) is 5.69 Å². The van der Waals surface area contributed by atoms with Crippen LogP contribution >= 0.6 is 0 Å². The fourth-order valence-electron chi connectivity index (χ4n) is 3.97. The molecule has 0 atom stereocenters. The van der Waals surface area contributed by atoms with Gasteiger partial charge in [0.1, 0.15) is 17.8 Å². The highest BCUT2D eigenvalue weighted by Gasteiger charge is 2.43. The second-order valence-corrected chi connectivity index (χ2v) is 8.81. The summed E-state index contributed by atoms with van der Waals surface area (Å²) in [6, 6.07) is 14.4. The van der Waals surface area contributed by atoms with Crippen LogP contribution in [0.5, 0.6) is 11.5 Å². The Morgan fingerprint density at radius 3 is 1.97 bits per heavy atom. The molecule has 4 rings (SSSR count). The molecule has 6 heteroatoms. The molecule has 0 spiro atoms. The number of carbonyl (C=O) groups is 3. The van der Waals surface area contributed by atoms with Gasteiger partial charge in [-0.3, -0.25) is 9.59 Å². The molecule has 0 saturated heterocycles. The van der Waals surface area contributed by atoms with E-state index in [0.717, 1.165) is 27.5 Å². The molecule has 0 bridgehead atoms. The minimum Gasteiger partial charge on any atom is -0.492 e. The molecule has 170 valence electrons. The third-order valence-electron chi connectivity index (χ3n) is 5.38. The van der Waals surface area contributed by atoms with Crippen molar-refractivity contribution >= 4 is 34.6 Å². The average molecular weight is 446 g/mol. The van der Waals surface area contributed by atoms with E-state index < -0.39 is 11.8 Å². The maximum atomic E-state index is 13.7. The summed E-state index contributed by atoms with van der Waals surface area (Å²) in [7, 11) is 0. The molecule has 6 nitrogen and oxygen atoms in total. The maximum absolute atomic E-state index is 13.7. The van der Waals surface area contributed by atoms with Crippen molar-refractivity contribution in [3.63, 3.8) is 0 Å². The first-order valence-electron chi connectivity index (χ1n) is 11.1. The van der Waals surface area contributed by atoms with Crippen molar-refractivity contribution in [1.82, 2.24) is 0 Å². The van der Waals surface area contributed by atoms with Crippen LogP contribution in [-0.4, -0.2) is 30.8 Å². The summed E-state index contributed by atoms with van der Waals surface area (Å²) in [5.41, 5.74) is 1.70. The molecule has 0 N–H and O–H groups in total. The summed E-state index contributed by atoms with van der Waals surface area (Å²) < 4.78 is 12.3. The van der Waals surface area contributed by atoms with Gasteiger partial charge < -0.3 is 14.3 Å². The summed E-state index contributed by atoms with van der Waals surface area (Å²) in [6.45, 7) is 8.23. The fraction of sp³-hybridized carbons (Fsp3) is 0.296. The number of hydrogen-bond donors (Lipinski definition) is 0. The van der Waals surface area contributed by atoms with Crippen LogP contribution in [0.25, 0.3) is 10.8 Å². The zero-order valence-electron chi connectivity index (χ0n) is 19.3. The summed E-state index contributed by atoms with van der Waals surface area (Å²) in [5.74, 6) is 0.139. The minimum atomic E-state index is -0.450. The molecule has 3 aromatic rings. The van der Waals surface area contributed by atoms with Gasteiger partial charge in [-0.25, -0.2) is 4.90 Å². The van der Waals surface area contributed by atoms with Gasteiger partial charge in [-0.05, 0) is 37.5 Å². The second-order valence-electron chi connectivity index (χ2n) is 8.81. The second kappa shape index (κ2) is 9.06. The number of nitrogens with zero attached hydrogens (tertiary/aromatic N) is 1. The quantitative estimate of drug-likeness (QED) is 0.352. The number of imide groups is 1. The lowest BCUT2D eigenvalue weighted by Gasteiger charge is -2.19. The molecular formula is C27H27NO5. The molecule has 2 amide bonds. The molecule has 1 heterocycles. The first kappa shape index (κ1) is 22.5. The molecule has 0 fully saturated rings. The number of rotatable bonds is 8. The van der Waals surface area contributed by atoms with Crippen LogP contribution in [0, 0.1) is 5.92 Å². The number of aldehydes is 1. The van der Waals surface area contributed by atoms with Crippen LogP contribution in [0.2, 0.25) is 0 Å². The lowest BCUT2D eigenvalue weighted by atomic mass is 9.98. The van der Waals surface area contributed by atoms with Gasteiger partial charge in [0.05, 0.1) is 29.5 Å². The van der Waals surface area contributed by atoms with E-state index >= 15 is 0 Å². The van der Waals surface area contributed by atoms with Gasteiger partial charge in [0.2, 0.25) is 0 Å². The number of fused-ring (bicyclic) bond motifs is 2. The Labute approximate surface area is 193 Å². The molecule has 0 aromatic heterocycles. The number of amides is 2. The third kappa shape index (κ3) is 4.09. The average Bonchev–Trinajstić information content (AvgIpc) is 3.04. The van der Waals surface area contributed by atoms with Crippen molar-refractivity contribution in [3.05, 3.63) is 65.2 Å². The highest BCUT2D eigenvalue weighted by Crippen LogP contribution is 2.46. The Hall–Kier alpha value is -3.67. The van der Waals surface area contributed by atoms with Crippen LogP contribution < -0.4 is 14.4 Å². The van der Waals surface area contributed by atoms with Crippen LogP contribution in [0.3, 0.4) is 0 Å². The Morgan fingerprint density at radius 1 is 0.848 bits per heavy atom. The molecule has 0 radical (unpaired) electrons. The minimum absolute atomic E-state index is 0.195. The lowest BCUT2D eigenvalue weighted by Crippen LogP contribution is -2.29. The first-order valence-corrected chi connectivity index (χ1v) is 11.1. The number of benzene rings is 3. The van der Waals surface area contributed by atoms with Crippen molar-refractivity contribution in [1.29, 1.82) is 0 Å². The number of carbonyl (C=O) groups excluding carboxylic acids is 3. The Bertz CT molecular complexity index is 1230. The number of hydrogen-bond acceptors (Lipinski definition) is 5. The van der Waals surface area contributed by atoms with Gasteiger partial charge in [-0.2, -0.15) is 0 Å². The van der Waals surface area contributed by atoms with E-state index in [2.05, 4.69) is 0 Å². The molecule has 1 aliphatic heterocycles. The van der Waals surface area contributed by atoms with Crippen molar-refractivity contribution in [2.45, 2.75) is 40.2 Å². The predicted molar refractivity (Wildman–Crippen MR) is 127 cm³/mol.